The lowest BCUT2D eigenvalue weighted by molar-refractivity contribution is -0.139. The molecule has 0 heterocycles. The number of amides is 2. The number of ether oxygens (including phenoxy) is 2. The van der Waals surface area contributed by atoms with Gasteiger partial charge in [-0.05, 0) is 52.2 Å². The number of carbonyl (C=O) groups is 3. The number of rotatable bonds is 10. The summed E-state index contributed by atoms with van der Waals surface area (Å²) in [4.78, 5) is 34.7. The van der Waals surface area contributed by atoms with Crippen LogP contribution in [0.2, 0.25) is 0 Å². The second-order valence-corrected chi connectivity index (χ2v) is 7.05. The highest BCUT2D eigenvalue weighted by atomic mass is 79.9. The summed E-state index contributed by atoms with van der Waals surface area (Å²) in [6.07, 6.45) is 0.786. The summed E-state index contributed by atoms with van der Waals surface area (Å²) in [7, 11) is 0. The van der Waals surface area contributed by atoms with Gasteiger partial charge >= 0.3 is 12.1 Å². The van der Waals surface area contributed by atoms with E-state index in [1.165, 1.54) is 6.21 Å². The molecule has 0 aliphatic carbocycles. The minimum Gasteiger partial charge on any atom is -0.481 e. The fourth-order valence-corrected chi connectivity index (χ4v) is 3.03. The first-order valence-electron chi connectivity index (χ1n) is 9.33. The molecule has 0 saturated carbocycles. The van der Waals surface area contributed by atoms with Crippen LogP contribution in [0.4, 0.5) is 4.79 Å². The van der Waals surface area contributed by atoms with Crippen LogP contribution in [0.1, 0.15) is 30.5 Å². The molecule has 2 aromatic carbocycles. The number of aliphatic carboxylic acids is 1. The molecule has 2 aromatic rings. The number of carboxylic acid groups (broad SMARTS) is 1. The van der Waals surface area contributed by atoms with Crippen molar-refractivity contribution in [3.63, 3.8) is 0 Å². The molecule has 9 nitrogen and oxygen atoms in total. The van der Waals surface area contributed by atoms with Crippen LogP contribution in [0.3, 0.4) is 0 Å². The number of hydrogen-bond donors (Lipinski definition) is 3. The lowest BCUT2D eigenvalue weighted by atomic mass is 10.0. The highest BCUT2D eigenvalue weighted by Gasteiger charge is 2.18. The molecule has 31 heavy (non-hydrogen) atoms. The van der Waals surface area contributed by atoms with Crippen LogP contribution in [-0.4, -0.2) is 42.5 Å². The lowest BCUT2D eigenvalue weighted by Crippen LogP contribution is -2.33. The molecule has 0 aliphatic rings. The molecule has 3 N–H and O–H groups in total. The van der Waals surface area contributed by atoms with E-state index >= 15 is 0 Å². The van der Waals surface area contributed by atoms with Gasteiger partial charge in [0.25, 0.3) is 0 Å². The zero-order valence-electron chi connectivity index (χ0n) is 16.7. The van der Waals surface area contributed by atoms with E-state index in [4.69, 9.17) is 14.6 Å². The molecule has 0 spiro atoms. The van der Waals surface area contributed by atoms with Gasteiger partial charge in [-0.15, -0.1) is 0 Å². The van der Waals surface area contributed by atoms with E-state index in [1.54, 1.807) is 37.3 Å². The molecular weight excluding hydrogens is 470 g/mol. The van der Waals surface area contributed by atoms with Crippen LogP contribution in [0.15, 0.2) is 58.1 Å². The molecule has 0 saturated heterocycles. The molecular formula is C21H22BrN3O6. The van der Waals surface area contributed by atoms with E-state index in [9.17, 15) is 14.4 Å². The number of hydrogen-bond acceptors (Lipinski definition) is 6. The highest BCUT2D eigenvalue weighted by Crippen LogP contribution is 2.25. The summed E-state index contributed by atoms with van der Waals surface area (Å²) in [5.74, 6) is -1.10. The van der Waals surface area contributed by atoms with Crippen molar-refractivity contribution < 1.29 is 29.0 Å². The van der Waals surface area contributed by atoms with Crippen molar-refractivity contribution in [2.45, 2.75) is 19.4 Å². The van der Waals surface area contributed by atoms with Crippen LogP contribution in [0, 0.1) is 0 Å². The lowest BCUT2D eigenvalue weighted by Gasteiger charge is -2.18. The zero-order chi connectivity index (χ0) is 22.6. The third-order valence-corrected chi connectivity index (χ3v) is 4.49. The van der Waals surface area contributed by atoms with E-state index < -0.39 is 30.6 Å². The Morgan fingerprint density at radius 2 is 1.94 bits per heavy atom. The molecule has 0 aromatic heterocycles. The molecule has 0 radical (unpaired) electrons. The molecule has 1 atom stereocenters. The van der Waals surface area contributed by atoms with Gasteiger partial charge in [0.2, 0.25) is 5.91 Å². The number of carbonyl (C=O) groups excluding carboxylic acids is 2. The maximum absolute atomic E-state index is 12.3. The number of benzene rings is 2. The second kappa shape index (κ2) is 12.3. The SMILES string of the molecule is CCOC(=O)N[C@@H](CC(=O)N/N=C\c1ccc(OCC(=O)O)c(Br)c1)c1ccccc1. The van der Waals surface area contributed by atoms with Gasteiger partial charge in [-0.25, -0.2) is 15.0 Å². The predicted molar refractivity (Wildman–Crippen MR) is 117 cm³/mol. The smallest absolute Gasteiger partial charge is 0.407 e. The van der Waals surface area contributed by atoms with Gasteiger partial charge in [0.1, 0.15) is 5.75 Å². The van der Waals surface area contributed by atoms with Gasteiger partial charge in [0, 0.05) is 0 Å². The predicted octanol–water partition coefficient (Wildman–Crippen LogP) is 3.24. The maximum atomic E-state index is 12.3. The van der Waals surface area contributed by atoms with Crippen LogP contribution >= 0.6 is 15.9 Å². The van der Waals surface area contributed by atoms with E-state index in [0.717, 1.165) is 5.56 Å². The largest absolute Gasteiger partial charge is 0.481 e. The Morgan fingerprint density at radius 1 is 1.19 bits per heavy atom. The van der Waals surface area contributed by atoms with Crippen molar-refractivity contribution in [1.29, 1.82) is 0 Å². The first-order chi connectivity index (χ1) is 14.9. The summed E-state index contributed by atoms with van der Waals surface area (Å²) in [6.45, 7) is 1.46. The summed E-state index contributed by atoms with van der Waals surface area (Å²) in [5.41, 5.74) is 3.84. The summed E-state index contributed by atoms with van der Waals surface area (Å²) in [5, 5.41) is 15.3. The third-order valence-electron chi connectivity index (χ3n) is 3.87. The number of nitrogens with zero attached hydrogens (tertiary/aromatic N) is 1. The monoisotopic (exact) mass is 491 g/mol. The molecule has 2 amide bonds. The first-order valence-corrected chi connectivity index (χ1v) is 10.1. The standard InChI is InChI=1S/C21H22BrN3O6/c1-2-30-21(29)24-17(15-6-4-3-5-7-15)11-19(26)25-23-12-14-8-9-18(16(22)10-14)31-13-20(27)28/h3-10,12,17H,2,11,13H2,1H3,(H,24,29)(H,25,26)(H,27,28)/b23-12-/t17-/m0/s1. The van der Waals surface area contributed by atoms with E-state index in [1.807, 2.05) is 18.2 Å². The van der Waals surface area contributed by atoms with Crippen LogP contribution in [-0.2, 0) is 14.3 Å². The Labute approximate surface area is 187 Å². The maximum Gasteiger partial charge on any atom is 0.407 e. The third kappa shape index (κ3) is 8.47. The Balaban J connectivity index is 1.96. The highest BCUT2D eigenvalue weighted by molar-refractivity contribution is 9.10. The van der Waals surface area contributed by atoms with Crippen LogP contribution in [0.25, 0.3) is 0 Å². The normalized spacial score (nSPS) is 11.5. The quantitative estimate of drug-likeness (QED) is 0.345. The summed E-state index contributed by atoms with van der Waals surface area (Å²) >= 11 is 3.29. The number of nitrogens with one attached hydrogen (secondary N) is 2. The minimum atomic E-state index is -1.08. The molecule has 0 bridgehead atoms. The Kier molecular flexibility index (Phi) is 9.50. The number of halogens is 1. The van der Waals surface area contributed by atoms with Gasteiger partial charge in [0.15, 0.2) is 6.61 Å². The van der Waals surface area contributed by atoms with Crippen molar-refractivity contribution >= 4 is 40.1 Å². The minimum absolute atomic E-state index is 0.0359. The summed E-state index contributed by atoms with van der Waals surface area (Å²) < 4.78 is 10.6. The van der Waals surface area contributed by atoms with E-state index in [-0.39, 0.29) is 13.0 Å². The average Bonchev–Trinajstić information content (AvgIpc) is 2.73. The van der Waals surface area contributed by atoms with Crippen molar-refractivity contribution in [2.24, 2.45) is 5.10 Å². The van der Waals surface area contributed by atoms with Gasteiger partial charge < -0.3 is 19.9 Å². The van der Waals surface area contributed by atoms with Crippen molar-refractivity contribution in [2.75, 3.05) is 13.2 Å². The second-order valence-electron chi connectivity index (χ2n) is 6.20. The van der Waals surface area contributed by atoms with E-state index in [2.05, 4.69) is 31.8 Å². The van der Waals surface area contributed by atoms with Crippen molar-refractivity contribution in [1.82, 2.24) is 10.7 Å². The molecule has 2 rings (SSSR count). The van der Waals surface area contributed by atoms with Crippen molar-refractivity contribution in [3.8, 4) is 5.75 Å². The molecule has 0 unspecified atom stereocenters. The Bertz CT molecular complexity index is 936. The fraction of sp³-hybridized carbons (Fsp3) is 0.238. The average molecular weight is 492 g/mol. The van der Waals surface area contributed by atoms with Gasteiger partial charge in [-0.1, -0.05) is 30.3 Å². The van der Waals surface area contributed by atoms with Gasteiger partial charge in [-0.2, -0.15) is 5.10 Å². The zero-order valence-corrected chi connectivity index (χ0v) is 18.3. The number of carboxylic acids is 1. The molecule has 0 fully saturated rings. The molecule has 164 valence electrons. The van der Waals surface area contributed by atoms with Gasteiger partial charge in [-0.3, -0.25) is 4.79 Å². The van der Waals surface area contributed by atoms with Crippen LogP contribution in [0.5, 0.6) is 5.75 Å². The number of alkyl carbamates (subject to hydrolysis) is 1. The first kappa shape index (κ1) is 23.9. The Morgan fingerprint density at radius 3 is 2.58 bits per heavy atom. The van der Waals surface area contributed by atoms with Crippen LogP contribution < -0.4 is 15.5 Å². The Hall–Kier alpha value is -3.40. The molecule has 0 aliphatic heterocycles. The van der Waals surface area contributed by atoms with E-state index in [0.29, 0.717) is 15.8 Å². The summed E-state index contributed by atoms with van der Waals surface area (Å²) in [6, 6.07) is 13.4. The van der Waals surface area contributed by atoms with Crippen molar-refractivity contribution in [3.05, 3.63) is 64.1 Å². The molecule has 10 heteroatoms. The fourth-order valence-electron chi connectivity index (χ4n) is 2.52. The van der Waals surface area contributed by atoms with Gasteiger partial charge in [0.05, 0.1) is 29.8 Å². The topological polar surface area (TPSA) is 126 Å². The number of hydrazone groups is 1.